The van der Waals surface area contributed by atoms with Gasteiger partial charge >= 0.3 is 5.97 Å². The van der Waals surface area contributed by atoms with Crippen LogP contribution < -0.4 is 5.56 Å². The number of nitrogens with zero attached hydrogens (tertiary/aromatic N) is 2. The van der Waals surface area contributed by atoms with E-state index >= 15 is 0 Å². The number of rotatable bonds is 3. The van der Waals surface area contributed by atoms with Gasteiger partial charge in [-0.1, -0.05) is 35.3 Å². The molecule has 0 aliphatic carbocycles. The van der Waals surface area contributed by atoms with E-state index in [1.54, 1.807) is 30.5 Å². The SMILES string of the molecule is Cc1ccc2nc(COC(=O)c3c(Cl)cccc3Cl)cc(=O)n2c1. The van der Waals surface area contributed by atoms with Crippen molar-refractivity contribution in [2.45, 2.75) is 13.5 Å². The normalized spacial score (nSPS) is 10.8. The second kappa shape index (κ2) is 6.63. The van der Waals surface area contributed by atoms with Crippen LogP contribution in [0, 0.1) is 6.92 Å². The lowest BCUT2D eigenvalue weighted by molar-refractivity contribution is 0.0468. The van der Waals surface area contributed by atoms with Gasteiger partial charge < -0.3 is 4.74 Å². The molecule has 0 saturated carbocycles. The molecule has 3 rings (SSSR count). The van der Waals surface area contributed by atoms with Crippen molar-refractivity contribution in [1.29, 1.82) is 0 Å². The van der Waals surface area contributed by atoms with Crippen molar-refractivity contribution in [3.05, 3.63) is 79.8 Å². The van der Waals surface area contributed by atoms with E-state index in [9.17, 15) is 9.59 Å². The molecule has 7 heteroatoms. The Morgan fingerprint density at radius 3 is 2.62 bits per heavy atom. The van der Waals surface area contributed by atoms with E-state index in [2.05, 4.69) is 4.98 Å². The number of benzene rings is 1. The maximum atomic E-state index is 12.2. The van der Waals surface area contributed by atoms with Gasteiger partial charge in [0.15, 0.2) is 0 Å². The molecular weight excluding hydrogens is 351 g/mol. The van der Waals surface area contributed by atoms with Crippen LogP contribution in [0.3, 0.4) is 0 Å². The smallest absolute Gasteiger partial charge is 0.341 e. The molecule has 2 heterocycles. The Kier molecular flexibility index (Phi) is 4.55. The van der Waals surface area contributed by atoms with E-state index in [4.69, 9.17) is 27.9 Å². The Morgan fingerprint density at radius 2 is 1.92 bits per heavy atom. The zero-order valence-electron chi connectivity index (χ0n) is 12.6. The van der Waals surface area contributed by atoms with Crippen LogP contribution in [0.25, 0.3) is 5.65 Å². The van der Waals surface area contributed by atoms with Gasteiger partial charge in [-0.05, 0) is 30.7 Å². The van der Waals surface area contributed by atoms with E-state index in [0.29, 0.717) is 11.3 Å². The van der Waals surface area contributed by atoms with Crippen LogP contribution in [0.1, 0.15) is 21.6 Å². The quantitative estimate of drug-likeness (QED) is 0.667. The molecule has 0 fully saturated rings. The highest BCUT2D eigenvalue weighted by atomic mass is 35.5. The Balaban J connectivity index is 1.85. The fourth-order valence-electron chi connectivity index (χ4n) is 2.24. The number of halogens is 2. The first-order chi connectivity index (χ1) is 11.5. The van der Waals surface area contributed by atoms with Crippen LogP contribution in [0.4, 0.5) is 0 Å². The van der Waals surface area contributed by atoms with Crippen LogP contribution in [-0.2, 0) is 11.3 Å². The van der Waals surface area contributed by atoms with Crippen molar-refractivity contribution in [3.8, 4) is 0 Å². The summed E-state index contributed by atoms with van der Waals surface area (Å²) in [6, 6.07) is 9.64. The van der Waals surface area contributed by atoms with Crippen LogP contribution in [0.2, 0.25) is 10.0 Å². The monoisotopic (exact) mass is 362 g/mol. The fraction of sp³-hybridized carbons (Fsp3) is 0.118. The van der Waals surface area contributed by atoms with Crippen molar-refractivity contribution >= 4 is 34.8 Å². The van der Waals surface area contributed by atoms with Crippen LogP contribution in [-0.4, -0.2) is 15.4 Å². The number of fused-ring (bicyclic) bond motifs is 1. The number of ether oxygens (including phenoxy) is 1. The molecule has 0 radical (unpaired) electrons. The molecule has 0 unspecified atom stereocenters. The van der Waals surface area contributed by atoms with Gasteiger partial charge in [-0.3, -0.25) is 9.20 Å². The zero-order chi connectivity index (χ0) is 17.3. The Hall–Kier alpha value is -2.37. The highest BCUT2D eigenvalue weighted by Crippen LogP contribution is 2.25. The maximum Gasteiger partial charge on any atom is 0.341 e. The average Bonchev–Trinajstić information content (AvgIpc) is 2.53. The number of hydrogen-bond donors (Lipinski definition) is 0. The second-order valence-corrected chi connectivity index (χ2v) is 6.01. The fourth-order valence-corrected chi connectivity index (χ4v) is 2.79. The molecule has 0 aliphatic heterocycles. The number of hydrogen-bond acceptors (Lipinski definition) is 4. The van der Waals surface area contributed by atoms with Gasteiger partial charge in [0.2, 0.25) is 0 Å². The lowest BCUT2D eigenvalue weighted by atomic mass is 10.2. The summed E-state index contributed by atoms with van der Waals surface area (Å²) < 4.78 is 6.62. The molecule has 1 aromatic carbocycles. The minimum Gasteiger partial charge on any atom is -0.455 e. The summed E-state index contributed by atoms with van der Waals surface area (Å²) in [5, 5.41) is 0.407. The first-order valence-electron chi connectivity index (χ1n) is 7.06. The molecule has 0 aliphatic rings. The number of carbonyl (C=O) groups is 1. The molecule has 122 valence electrons. The predicted octanol–water partition coefficient (Wildman–Crippen LogP) is 3.67. The van der Waals surface area contributed by atoms with Gasteiger partial charge in [0.05, 0.1) is 21.3 Å². The molecule has 0 atom stereocenters. The third kappa shape index (κ3) is 3.27. The summed E-state index contributed by atoms with van der Waals surface area (Å²) >= 11 is 11.9. The first kappa shape index (κ1) is 16.5. The van der Waals surface area contributed by atoms with E-state index in [-0.39, 0.29) is 27.8 Å². The van der Waals surface area contributed by atoms with E-state index in [0.717, 1.165) is 5.56 Å². The lowest BCUT2D eigenvalue weighted by Gasteiger charge is -2.08. The summed E-state index contributed by atoms with van der Waals surface area (Å²) in [5.74, 6) is -0.670. The summed E-state index contributed by atoms with van der Waals surface area (Å²) in [4.78, 5) is 28.6. The molecule has 0 spiro atoms. The van der Waals surface area contributed by atoms with Gasteiger partial charge in [0, 0.05) is 12.3 Å². The number of esters is 1. The third-order valence-corrected chi connectivity index (χ3v) is 4.01. The predicted molar refractivity (Wildman–Crippen MR) is 91.8 cm³/mol. The van der Waals surface area contributed by atoms with Gasteiger partial charge in [-0.2, -0.15) is 0 Å². The van der Waals surface area contributed by atoms with Crippen LogP contribution in [0.5, 0.6) is 0 Å². The largest absolute Gasteiger partial charge is 0.455 e. The molecule has 0 bridgehead atoms. The zero-order valence-corrected chi connectivity index (χ0v) is 14.1. The van der Waals surface area contributed by atoms with E-state index < -0.39 is 5.97 Å². The highest BCUT2D eigenvalue weighted by Gasteiger charge is 2.16. The van der Waals surface area contributed by atoms with Crippen molar-refractivity contribution in [2.24, 2.45) is 0 Å². The summed E-state index contributed by atoms with van der Waals surface area (Å²) in [7, 11) is 0. The number of pyridine rings is 1. The maximum absolute atomic E-state index is 12.2. The molecule has 3 aromatic rings. The molecule has 5 nitrogen and oxygen atoms in total. The molecule has 2 aromatic heterocycles. The third-order valence-electron chi connectivity index (χ3n) is 3.38. The topological polar surface area (TPSA) is 60.7 Å². The summed E-state index contributed by atoms with van der Waals surface area (Å²) in [6.45, 7) is 1.73. The van der Waals surface area contributed by atoms with E-state index in [1.165, 1.54) is 10.5 Å². The van der Waals surface area contributed by atoms with Crippen LogP contribution in [0.15, 0.2) is 47.4 Å². The van der Waals surface area contributed by atoms with Gasteiger partial charge in [-0.25, -0.2) is 9.78 Å². The summed E-state index contributed by atoms with van der Waals surface area (Å²) in [5.41, 5.74) is 1.62. The van der Waals surface area contributed by atoms with Crippen molar-refractivity contribution in [1.82, 2.24) is 9.38 Å². The number of aromatic nitrogens is 2. The van der Waals surface area contributed by atoms with Gasteiger partial charge in [0.25, 0.3) is 5.56 Å². The minimum absolute atomic E-state index is 0.0916. The van der Waals surface area contributed by atoms with Crippen molar-refractivity contribution < 1.29 is 9.53 Å². The van der Waals surface area contributed by atoms with Crippen LogP contribution >= 0.6 is 23.2 Å². The highest BCUT2D eigenvalue weighted by molar-refractivity contribution is 6.39. The molecule has 0 N–H and O–H groups in total. The molecule has 0 amide bonds. The van der Waals surface area contributed by atoms with Crippen molar-refractivity contribution in [3.63, 3.8) is 0 Å². The number of aryl methyl sites for hydroxylation is 1. The van der Waals surface area contributed by atoms with Crippen molar-refractivity contribution in [2.75, 3.05) is 0 Å². The second-order valence-electron chi connectivity index (χ2n) is 5.19. The average molecular weight is 363 g/mol. The first-order valence-corrected chi connectivity index (χ1v) is 7.81. The molecule has 0 saturated heterocycles. The van der Waals surface area contributed by atoms with Gasteiger partial charge in [0.1, 0.15) is 12.3 Å². The van der Waals surface area contributed by atoms with E-state index in [1.807, 2.05) is 13.0 Å². The molecular formula is C17H12Cl2N2O3. The Bertz CT molecular complexity index is 979. The lowest BCUT2D eigenvalue weighted by Crippen LogP contribution is -2.17. The summed E-state index contributed by atoms with van der Waals surface area (Å²) in [6.07, 6.45) is 1.70. The minimum atomic E-state index is -0.670. The Labute approximate surface area is 147 Å². The molecule has 24 heavy (non-hydrogen) atoms. The number of carbonyl (C=O) groups excluding carboxylic acids is 1. The standard InChI is InChI=1S/C17H12Cl2N2O3/c1-10-5-6-14-20-11(7-15(22)21(14)8-10)9-24-17(23)16-12(18)3-2-4-13(16)19/h2-8H,9H2,1H3. The Morgan fingerprint density at radius 1 is 1.21 bits per heavy atom. The van der Waals surface area contributed by atoms with Gasteiger partial charge in [-0.15, -0.1) is 0 Å².